The van der Waals surface area contributed by atoms with Crippen molar-refractivity contribution in [1.29, 1.82) is 0 Å². The third-order valence-electron chi connectivity index (χ3n) is 6.19. The Kier molecular flexibility index (Phi) is 8.60. The van der Waals surface area contributed by atoms with Crippen LogP contribution in [0.1, 0.15) is 37.5 Å². The maximum Gasteiger partial charge on any atom is 0.127 e. The summed E-state index contributed by atoms with van der Waals surface area (Å²) < 4.78 is 6.13. The van der Waals surface area contributed by atoms with Gasteiger partial charge in [0, 0.05) is 49.3 Å². The van der Waals surface area contributed by atoms with Crippen molar-refractivity contribution < 1.29 is 55.4 Å². The summed E-state index contributed by atoms with van der Waals surface area (Å²) in [5.74, 6) is 0.981. The second-order valence-corrected chi connectivity index (χ2v) is 9.35. The first-order chi connectivity index (χ1) is 14.4. The van der Waals surface area contributed by atoms with Gasteiger partial charge in [-0.25, -0.2) is 0 Å². The molecule has 4 aromatic rings. The molecular weight excluding hydrogens is 616 g/mol. The van der Waals surface area contributed by atoms with Crippen molar-refractivity contribution in [2.24, 2.45) is 0 Å². The van der Waals surface area contributed by atoms with Crippen LogP contribution in [0.4, 0.5) is 11.4 Å². The van der Waals surface area contributed by atoms with E-state index in [0.29, 0.717) is 0 Å². The molecular formula is C28H28Cl2HfNO-3. The van der Waals surface area contributed by atoms with Crippen LogP contribution in [-0.4, -0.2) is 7.11 Å². The molecule has 2 nitrogen and oxygen atoms in total. The number of para-hydroxylation sites is 1. The summed E-state index contributed by atoms with van der Waals surface area (Å²) in [5, 5.41) is 2.54. The molecule has 1 aliphatic rings. The predicted octanol–water partition coefficient (Wildman–Crippen LogP) is 1.50. The molecule has 1 heterocycles. The van der Waals surface area contributed by atoms with Crippen molar-refractivity contribution >= 4 is 22.1 Å². The van der Waals surface area contributed by atoms with Gasteiger partial charge in [0.25, 0.3) is 0 Å². The van der Waals surface area contributed by atoms with Crippen molar-refractivity contribution in [2.75, 3.05) is 12.0 Å². The minimum absolute atomic E-state index is 0. The fraction of sp³-hybridized carbons (Fsp3) is 0.250. The standard InChI is InChI=1S/C28H28NO.2ClH.Hf/c1-18-14-20-16-24(28(2,3)4)27(30-5)26(23(20)15-18)29-17-19-10-6-7-11-21(19)22-12-8-9-13-25(22)29;;;/h6-16H,17H2,1-5H3;2*1H;/q-1;;;/p-2. The van der Waals surface area contributed by atoms with E-state index in [0.717, 1.165) is 12.3 Å². The maximum absolute atomic E-state index is 6.13. The number of ether oxygens (including phenoxy) is 1. The molecule has 33 heavy (non-hydrogen) atoms. The second-order valence-electron chi connectivity index (χ2n) is 9.35. The number of aryl methyl sites for hydroxylation is 1. The molecule has 4 aromatic carbocycles. The van der Waals surface area contributed by atoms with E-state index in [9.17, 15) is 0 Å². The second kappa shape index (κ2) is 10.3. The molecule has 5 rings (SSSR count). The number of fused-ring (bicyclic) bond motifs is 4. The van der Waals surface area contributed by atoms with Crippen LogP contribution < -0.4 is 34.5 Å². The van der Waals surface area contributed by atoms with Crippen molar-refractivity contribution in [2.45, 2.75) is 39.7 Å². The number of hydrogen-bond acceptors (Lipinski definition) is 2. The Morgan fingerprint density at radius 3 is 2.21 bits per heavy atom. The molecule has 0 aliphatic carbocycles. The molecule has 0 spiro atoms. The summed E-state index contributed by atoms with van der Waals surface area (Å²) in [7, 11) is 1.81. The number of hydrogen-bond donors (Lipinski definition) is 0. The Morgan fingerprint density at radius 1 is 0.909 bits per heavy atom. The molecule has 0 aromatic heterocycles. The van der Waals surface area contributed by atoms with Gasteiger partial charge in [-0.1, -0.05) is 70.2 Å². The first kappa shape index (κ1) is 27.6. The van der Waals surface area contributed by atoms with E-state index >= 15 is 0 Å². The molecule has 0 radical (unpaired) electrons. The molecule has 0 bridgehead atoms. The molecule has 5 heteroatoms. The largest absolute Gasteiger partial charge is 1.00 e. The minimum atomic E-state index is -0.0212. The Hall–Kier alpha value is -1.68. The molecule has 0 N–H and O–H groups in total. The number of halogens is 2. The van der Waals surface area contributed by atoms with Crippen LogP contribution in [0.25, 0.3) is 21.9 Å². The quantitative estimate of drug-likeness (QED) is 0.243. The molecule has 0 atom stereocenters. The van der Waals surface area contributed by atoms with Gasteiger partial charge in [0.05, 0.1) is 7.11 Å². The average molecular weight is 644 g/mol. The van der Waals surface area contributed by atoms with E-state index in [2.05, 4.69) is 99.3 Å². The van der Waals surface area contributed by atoms with Gasteiger partial charge in [0.15, 0.2) is 0 Å². The van der Waals surface area contributed by atoms with Crippen LogP contribution in [0.5, 0.6) is 5.75 Å². The van der Waals surface area contributed by atoms with Crippen LogP contribution >= 0.6 is 0 Å². The van der Waals surface area contributed by atoms with E-state index < -0.39 is 0 Å². The third kappa shape index (κ3) is 4.65. The summed E-state index contributed by atoms with van der Waals surface area (Å²) in [5.41, 5.74) is 8.86. The maximum atomic E-state index is 6.13. The summed E-state index contributed by atoms with van der Waals surface area (Å²) >= 11 is 0. The van der Waals surface area contributed by atoms with Gasteiger partial charge >= 0.3 is 0 Å². The van der Waals surface area contributed by atoms with E-state index in [1.54, 1.807) is 7.11 Å². The monoisotopic (exact) mass is 644 g/mol. The van der Waals surface area contributed by atoms with Gasteiger partial charge in [-0.2, -0.15) is 6.07 Å². The third-order valence-corrected chi connectivity index (χ3v) is 6.19. The number of rotatable bonds is 2. The fourth-order valence-corrected chi connectivity index (χ4v) is 4.82. The Labute approximate surface area is 228 Å². The molecule has 0 saturated heterocycles. The Morgan fingerprint density at radius 2 is 1.55 bits per heavy atom. The topological polar surface area (TPSA) is 12.5 Å². The summed E-state index contributed by atoms with van der Waals surface area (Å²) in [6, 6.07) is 24.4. The van der Waals surface area contributed by atoms with Gasteiger partial charge in [0.1, 0.15) is 5.75 Å². The first-order valence-corrected chi connectivity index (χ1v) is 10.6. The molecule has 0 fully saturated rings. The van der Waals surface area contributed by atoms with E-state index in [4.69, 9.17) is 4.74 Å². The molecule has 172 valence electrons. The molecule has 0 saturated carbocycles. The zero-order valence-corrected chi connectivity index (χ0v) is 24.8. The molecule has 0 amide bonds. The summed E-state index contributed by atoms with van der Waals surface area (Å²) in [4.78, 5) is 2.45. The van der Waals surface area contributed by atoms with Crippen LogP contribution in [0.15, 0.2) is 66.7 Å². The summed E-state index contributed by atoms with van der Waals surface area (Å²) in [6.45, 7) is 9.78. The number of nitrogens with zero attached hydrogens (tertiary/aromatic N) is 1. The van der Waals surface area contributed by atoms with Crippen molar-refractivity contribution in [1.82, 2.24) is 0 Å². The zero-order chi connectivity index (χ0) is 21.0. The normalized spacial score (nSPS) is 12.1. The number of methoxy groups -OCH3 is 1. The van der Waals surface area contributed by atoms with Gasteiger partial charge in [-0.3, -0.25) is 0 Å². The molecule has 1 aliphatic heterocycles. The molecule has 0 unspecified atom stereocenters. The predicted molar refractivity (Wildman–Crippen MR) is 127 cm³/mol. The van der Waals surface area contributed by atoms with Crippen molar-refractivity contribution in [3.8, 4) is 16.9 Å². The van der Waals surface area contributed by atoms with E-state index in [1.807, 2.05) is 0 Å². The van der Waals surface area contributed by atoms with E-state index in [1.165, 1.54) is 50.0 Å². The average Bonchev–Trinajstić information content (AvgIpc) is 3.11. The number of anilines is 2. The first-order valence-electron chi connectivity index (χ1n) is 10.6. The SMILES string of the molecule is COc1c(C(C)(C)C)cc2[cH-]c(C)cc2c1N1Cc2ccccc2-c2ccccc21.[Cl-].[Cl-].[Hf]. The Bertz CT molecular complexity index is 1270. The summed E-state index contributed by atoms with van der Waals surface area (Å²) in [6.07, 6.45) is 0. The fourth-order valence-electron chi connectivity index (χ4n) is 4.82. The smallest absolute Gasteiger partial charge is 0.127 e. The zero-order valence-electron chi connectivity index (χ0n) is 19.7. The van der Waals surface area contributed by atoms with Gasteiger partial charge in [0.2, 0.25) is 0 Å². The van der Waals surface area contributed by atoms with E-state index in [-0.39, 0.29) is 56.1 Å². The van der Waals surface area contributed by atoms with Crippen LogP contribution in [0.3, 0.4) is 0 Å². The van der Waals surface area contributed by atoms with Gasteiger partial charge in [-0.15, -0.1) is 28.5 Å². The number of benzene rings is 3. The van der Waals surface area contributed by atoms with Crippen molar-refractivity contribution in [3.63, 3.8) is 0 Å². The van der Waals surface area contributed by atoms with Crippen LogP contribution in [0.2, 0.25) is 0 Å². The minimum Gasteiger partial charge on any atom is -1.00 e. The van der Waals surface area contributed by atoms with Crippen LogP contribution in [0, 0.1) is 6.92 Å². The van der Waals surface area contributed by atoms with Crippen LogP contribution in [-0.2, 0) is 37.8 Å². The van der Waals surface area contributed by atoms with Gasteiger partial charge < -0.3 is 34.5 Å². The Balaban J connectivity index is 0.00000128. The van der Waals surface area contributed by atoms with Crippen molar-refractivity contribution in [3.05, 3.63) is 83.4 Å². The van der Waals surface area contributed by atoms with Gasteiger partial charge in [-0.05, 0) is 28.2 Å².